The first kappa shape index (κ1) is 17.9. The summed E-state index contributed by atoms with van der Waals surface area (Å²) < 4.78 is 0. The average molecular weight is 257 g/mol. The van der Waals surface area contributed by atoms with E-state index in [0.717, 1.165) is 32.1 Å². The molecule has 1 N–H and O–H groups in total. The highest BCUT2D eigenvalue weighted by atomic mass is 15.1. The summed E-state index contributed by atoms with van der Waals surface area (Å²) in [7, 11) is 4.43. The van der Waals surface area contributed by atoms with Gasteiger partial charge in [-0.1, -0.05) is 20.8 Å². The SMILES string of the molecule is CCCN(C)CCNCCN(C)CCCC(C)C. The van der Waals surface area contributed by atoms with E-state index in [0.29, 0.717) is 0 Å². The predicted octanol–water partition coefficient (Wildman–Crippen LogP) is 2.29. The Labute approximate surface area is 115 Å². The Morgan fingerprint density at radius 1 is 0.889 bits per heavy atom. The van der Waals surface area contributed by atoms with Gasteiger partial charge in [0, 0.05) is 26.2 Å². The van der Waals surface area contributed by atoms with Crippen LogP contribution in [0.2, 0.25) is 0 Å². The van der Waals surface area contributed by atoms with Crippen molar-refractivity contribution < 1.29 is 0 Å². The number of hydrogen-bond donors (Lipinski definition) is 1. The van der Waals surface area contributed by atoms with Crippen molar-refractivity contribution in [2.45, 2.75) is 40.0 Å². The Balaban J connectivity index is 3.27. The van der Waals surface area contributed by atoms with Gasteiger partial charge in [0.05, 0.1) is 0 Å². The molecule has 0 unspecified atom stereocenters. The van der Waals surface area contributed by atoms with Crippen LogP contribution in [0.25, 0.3) is 0 Å². The molecule has 0 saturated heterocycles. The van der Waals surface area contributed by atoms with Crippen LogP contribution in [0.1, 0.15) is 40.0 Å². The topological polar surface area (TPSA) is 18.5 Å². The van der Waals surface area contributed by atoms with Crippen LogP contribution in [0.15, 0.2) is 0 Å². The van der Waals surface area contributed by atoms with Crippen LogP contribution in [0.3, 0.4) is 0 Å². The lowest BCUT2D eigenvalue weighted by atomic mass is 10.1. The molecule has 0 amide bonds. The second-order valence-corrected chi connectivity index (χ2v) is 5.89. The first-order valence-electron chi connectivity index (χ1n) is 7.64. The summed E-state index contributed by atoms with van der Waals surface area (Å²) >= 11 is 0. The zero-order valence-electron chi connectivity index (χ0n) is 13.3. The van der Waals surface area contributed by atoms with Crippen molar-refractivity contribution in [1.29, 1.82) is 0 Å². The van der Waals surface area contributed by atoms with E-state index < -0.39 is 0 Å². The van der Waals surface area contributed by atoms with Gasteiger partial charge in [-0.2, -0.15) is 0 Å². The Morgan fingerprint density at radius 3 is 1.94 bits per heavy atom. The molecule has 18 heavy (non-hydrogen) atoms. The van der Waals surface area contributed by atoms with Crippen LogP contribution in [-0.2, 0) is 0 Å². The second kappa shape index (κ2) is 11.9. The van der Waals surface area contributed by atoms with Gasteiger partial charge in [-0.3, -0.25) is 0 Å². The van der Waals surface area contributed by atoms with Crippen LogP contribution < -0.4 is 5.32 Å². The van der Waals surface area contributed by atoms with Crippen LogP contribution in [0.5, 0.6) is 0 Å². The smallest absolute Gasteiger partial charge is 0.0104 e. The summed E-state index contributed by atoms with van der Waals surface area (Å²) in [6.45, 7) is 13.8. The van der Waals surface area contributed by atoms with Gasteiger partial charge in [-0.25, -0.2) is 0 Å². The highest BCUT2D eigenvalue weighted by Crippen LogP contribution is 2.03. The molecule has 0 aliphatic carbocycles. The summed E-state index contributed by atoms with van der Waals surface area (Å²) in [4.78, 5) is 4.82. The monoisotopic (exact) mass is 257 g/mol. The summed E-state index contributed by atoms with van der Waals surface area (Å²) in [5, 5.41) is 3.52. The minimum absolute atomic E-state index is 0.839. The van der Waals surface area contributed by atoms with Gasteiger partial charge in [0.15, 0.2) is 0 Å². The van der Waals surface area contributed by atoms with Gasteiger partial charge in [-0.05, 0) is 52.4 Å². The minimum Gasteiger partial charge on any atom is -0.314 e. The molecule has 0 radical (unpaired) electrons. The van der Waals surface area contributed by atoms with Crippen molar-refractivity contribution in [3.05, 3.63) is 0 Å². The lowest BCUT2D eigenvalue weighted by Gasteiger charge is -2.19. The predicted molar refractivity (Wildman–Crippen MR) is 82.2 cm³/mol. The Morgan fingerprint density at radius 2 is 1.44 bits per heavy atom. The largest absolute Gasteiger partial charge is 0.314 e. The van der Waals surface area contributed by atoms with E-state index in [2.05, 4.69) is 50.0 Å². The first-order valence-corrected chi connectivity index (χ1v) is 7.64. The Bertz CT molecular complexity index is 171. The zero-order valence-corrected chi connectivity index (χ0v) is 13.3. The lowest BCUT2D eigenvalue weighted by molar-refractivity contribution is 0.303. The average Bonchev–Trinajstić information content (AvgIpc) is 2.28. The maximum atomic E-state index is 3.52. The van der Waals surface area contributed by atoms with Crippen molar-refractivity contribution >= 4 is 0 Å². The highest BCUT2D eigenvalue weighted by molar-refractivity contribution is 4.58. The second-order valence-electron chi connectivity index (χ2n) is 5.89. The van der Waals surface area contributed by atoms with Crippen molar-refractivity contribution in [2.24, 2.45) is 5.92 Å². The molecule has 0 bridgehead atoms. The number of likely N-dealkylation sites (N-methyl/N-ethyl adjacent to an activating group) is 2. The van der Waals surface area contributed by atoms with E-state index in [-0.39, 0.29) is 0 Å². The third-order valence-corrected chi connectivity index (χ3v) is 3.27. The van der Waals surface area contributed by atoms with E-state index in [1.807, 2.05) is 0 Å². The normalized spacial score (nSPS) is 12.0. The summed E-state index contributed by atoms with van der Waals surface area (Å²) in [5.41, 5.74) is 0. The minimum atomic E-state index is 0.839. The van der Waals surface area contributed by atoms with Crippen molar-refractivity contribution in [1.82, 2.24) is 15.1 Å². The molecule has 0 spiro atoms. The van der Waals surface area contributed by atoms with Crippen molar-refractivity contribution in [3.63, 3.8) is 0 Å². The molecule has 0 fully saturated rings. The van der Waals surface area contributed by atoms with Gasteiger partial charge >= 0.3 is 0 Å². The fraction of sp³-hybridized carbons (Fsp3) is 1.00. The molecular formula is C15H35N3. The fourth-order valence-corrected chi connectivity index (χ4v) is 2.04. The molecule has 0 aliphatic heterocycles. The van der Waals surface area contributed by atoms with Crippen LogP contribution in [-0.4, -0.2) is 63.2 Å². The molecule has 0 saturated carbocycles. The number of nitrogens with zero attached hydrogens (tertiary/aromatic N) is 2. The lowest BCUT2D eigenvalue weighted by Crippen LogP contribution is -2.34. The molecular weight excluding hydrogens is 222 g/mol. The molecule has 0 atom stereocenters. The molecule has 0 aliphatic rings. The number of rotatable bonds is 12. The maximum absolute atomic E-state index is 3.52. The maximum Gasteiger partial charge on any atom is 0.0104 e. The summed E-state index contributed by atoms with van der Waals surface area (Å²) in [5.74, 6) is 0.839. The molecule has 3 heteroatoms. The standard InChI is InChI=1S/C15H35N3/c1-6-11-17(4)13-9-16-10-14-18(5)12-7-8-15(2)3/h15-16H,6-14H2,1-5H3. The Kier molecular flexibility index (Phi) is 11.9. The molecule has 0 rings (SSSR count). The summed E-state index contributed by atoms with van der Waals surface area (Å²) in [6, 6.07) is 0. The van der Waals surface area contributed by atoms with Crippen molar-refractivity contribution in [3.8, 4) is 0 Å². The molecule has 0 heterocycles. The van der Waals surface area contributed by atoms with Gasteiger partial charge in [-0.15, -0.1) is 0 Å². The van der Waals surface area contributed by atoms with Crippen molar-refractivity contribution in [2.75, 3.05) is 53.4 Å². The highest BCUT2D eigenvalue weighted by Gasteiger charge is 2.00. The summed E-state index contributed by atoms with van der Waals surface area (Å²) in [6.07, 6.45) is 3.92. The van der Waals surface area contributed by atoms with Gasteiger partial charge in [0.1, 0.15) is 0 Å². The van der Waals surface area contributed by atoms with Gasteiger partial charge in [0.2, 0.25) is 0 Å². The Hall–Kier alpha value is -0.120. The molecule has 0 aromatic carbocycles. The van der Waals surface area contributed by atoms with Gasteiger partial charge < -0.3 is 15.1 Å². The van der Waals surface area contributed by atoms with Crippen LogP contribution in [0.4, 0.5) is 0 Å². The third-order valence-electron chi connectivity index (χ3n) is 3.27. The van der Waals surface area contributed by atoms with Crippen LogP contribution >= 0.6 is 0 Å². The number of hydrogen-bond acceptors (Lipinski definition) is 3. The van der Waals surface area contributed by atoms with Gasteiger partial charge in [0.25, 0.3) is 0 Å². The van der Waals surface area contributed by atoms with E-state index in [9.17, 15) is 0 Å². The van der Waals surface area contributed by atoms with E-state index in [1.165, 1.54) is 32.4 Å². The zero-order chi connectivity index (χ0) is 13.8. The first-order chi connectivity index (χ1) is 8.56. The number of nitrogens with one attached hydrogen (secondary N) is 1. The molecule has 0 aromatic rings. The third kappa shape index (κ3) is 12.3. The van der Waals surface area contributed by atoms with E-state index >= 15 is 0 Å². The fourth-order valence-electron chi connectivity index (χ4n) is 2.04. The molecule has 110 valence electrons. The molecule has 3 nitrogen and oxygen atoms in total. The molecule has 0 aromatic heterocycles. The van der Waals surface area contributed by atoms with Crippen LogP contribution in [0, 0.1) is 5.92 Å². The quantitative estimate of drug-likeness (QED) is 0.541. The van der Waals surface area contributed by atoms with E-state index in [4.69, 9.17) is 0 Å². The van der Waals surface area contributed by atoms with E-state index in [1.54, 1.807) is 0 Å².